The van der Waals surface area contributed by atoms with Gasteiger partial charge in [-0.15, -0.1) is 0 Å². The average molecular weight is 274 g/mol. The molecule has 7 nitrogen and oxygen atoms in total. The van der Waals surface area contributed by atoms with Gasteiger partial charge in [0.15, 0.2) is 5.84 Å². The van der Waals surface area contributed by atoms with Gasteiger partial charge in [0.05, 0.1) is 11.4 Å². The summed E-state index contributed by atoms with van der Waals surface area (Å²) in [6.07, 6.45) is 4.45. The number of nitrogens with zero attached hydrogens (tertiary/aromatic N) is 4. The molecule has 0 aromatic carbocycles. The van der Waals surface area contributed by atoms with Crippen molar-refractivity contribution in [2.75, 3.05) is 5.32 Å². The Morgan fingerprint density at radius 1 is 1.55 bits per heavy atom. The van der Waals surface area contributed by atoms with Crippen LogP contribution in [0, 0.1) is 0 Å². The maximum atomic E-state index is 8.65. The molecule has 0 spiro atoms. The third-order valence-electron chi connectivity index (χ3n) is 2.92. The molecule has 0 saturated carbocycles. The minimum atomic E-state index is 0.00229. The monoisotopic (exact) mass is 274 g/mol. The predicted molar refractivity (Wildman–Crippen MR) is 76.7 cm³/mol. The van der Waals surface area contributed by atoms with Gasteiger partial charge in [-0.1, -0.05) is 12.1 Å². The van der Waals surface area contributed by atoms with Crippen molar-refractivity contribution in [3.05, 3.63) is 41.5 Å². The third kappa shape index (κ3) is 3.05. The standard InChI is InChI=1S/C13H18N6O/c1-3-10-12(8-19(2)17-10)16-7-9-4-5-15-11(6-9)13(14)18-20/h4-6,8,16,20H,3,7H2,1-2H3,(H2,14,18). The lowest BCUT2D eigenvalue weighted by atomic mass is 10.2. The first-order chi connectivity index (χ1) is 9.63. The number of hydrogen-bond donors (Lipinski definition) is 3. The van der Waals surface area contributed by atoms with E-state index in [9.17, 15) is 0 Å². The SMILES string of the molecule is CCc1nn(C)cc1NCc1ccnc(/C(N)=N/O)c1. The molecule has 0 radical (unpaired) electrons. The zero-order chi connectivity index (χ0) is 14.5. The molecular formula is C13H18N6O. The van der Waals surface area contributed by atoms with Crippen molar-refractivity contribution >= 4 is 11.5 Å². The second-order valence-corrected chi connectivity index (χ2v) is 4.40. The first-order valence-corrected chi connectivity index (χ1v) is 6.33. The molecule has 2 heterocycles. The van der Waals surface area contributed by atoms with E-state index in [0.717, 1.165) is 23.4 Å². The average Bonchev–Trinajstić information content (AvgIpc) is 2.84. The zero-order valence-corrected chi connectivity index (χ0v) is 11.5. The van der Waals surface area contributed by atoms with Crippen LogP contribution in [0.1, 0.15) is 23.9 Å². The minimum Gasteiger partial charge on any atom is -0.409 e. The molecule has 0 unspecified atom stereocenters. The molecule has 2 aromatic rings. The summed E-state index contributed by atoms with van der Waals surface area (Å²) in [4.78, 5) is 4.04. The number of anilines is 1. The molecule has 0 aliphatic carbocycles. The van der Waals surface area contributed by atoms with Crippen LogP contribution in [-0.4, -0.2) is 25.8 Å². The number of nitrogens with two attached hydrogens (primary N) is 1. The molecule has 0 fully saturated rings. The lowest BCUT2D eigenvalue weighted by Crippen LogP contribution is -2.15. The highest BCUT2D eigenvalue weighted by Gasteiger charge is 2.06. The molecule has 7 heteroatoms. The molecule has 0 aliphatic heterocycles. The predicted octanol–water partition coefficient (Wildman–Crippen LogP) is 1.08. The van der Waals surface area contributed by atoms with Gasteiger partial charge in [-0.2, -0.15) is 5.10 Å². The van der Waals surface area contributed by atoms with Crippen molar-refractivity contribution in [2.24, 2.45) is 17.9 Å². The Morgan fingerprint density at radius 3 is 3.05 bits per heavy atom. The summed E-state index contributed by atoms with van der Waals surface area (Å²) in [5.41, 5.74) is 9.01. The molecule has 20 heavy (non-hydrogen) atoms. The first-order valence-electron chi connectivity index (χ1n) is 6.33. The van der Waals surface area contributed by atoms with Crippen molar-refractivity contribution < 1.29 is 5.21 Å². The maximum Gasteiger partial charge on any atom is 0.188 e. The highest BCUT2D eigenvalue weighted by molar-refractivity contribution is 5.95. The molecular weight excluding hydrogens is 256 g/mol. The zero-order valence-electron chi connectivity index (χ0n) is 11.5. The Kier molecular flexibility index (Phi) is 4.19. The van der Waals surface area contributed by atoms with Crippen LogP contribution < -0.4 is 11.1 Å². The summed E-state index contributed by atoms with van der Waals surface area (Å²) in [5.74, 6) is 0.00229. The summed E-state index contributed by atoms with van der Waals surface area (Å²) in [6, 6.07) is 3.66. The highest BCUT2D eigenvalue weighted by Crippen LogP contribution is 2.15. The maximum absolute atomic E-state index is 8.65. The number of pyridine rings is 1. The minimum absolute atomic E-state index is 0.00229. The van der Waals surface area contributed by atoms with Crippen molar-refractivity contribution in [2.45, 2.75) is 19.9 Å². The van der Waals surface area contributed by atoms with E-state index in [2.05, 4.69) is 27.5 Å². The van der Waals surface area contributed by atoms with E-state index in [1.165, 1.54) is 0 Å². The topological polar surface area (TPSA) is 101 Å². The second kappa shape index (κ2) is 6.05. The Balaban J connectivity index is 2.11. The summed E-state index contributed by atoms with van der Waals surface area (Å²) in [7, 11) is 1.90. The Morgan fingerprint density at radius 2 is 2.35 bits per heavy atom. The first kappa shape index (κ1) is 13.9. The van der Waals surface area contributed by atoms with Crippen LogP contribution in [-0.2, 0) is 20.0 Å². The third-order valence-corrected chi connectivity index (χ3v) is 2.92. The largest absolute Gasteiger partial charge is 0.409 e. The number of nitrogens with one attached hydrogen (secondary N) is 1. The summed E-state index contributed by atoms with van der Waals surface area (Å²) < 4.78 is 1.79. The van der Waals surface area contributed by atoms with Gasteiger partial charge < -0.3 is 16.3 Å². The fourth-order valence-corrected chi connectivity index (χ4v) is 1.92. The lowest BCUT2D eigenvalue weighted by molar-refractivity contribution is 0.318. The van der Waals surface area contributed by atoms with Gasteiger partial charge in [0.25, 0.3) is 0 Å². The number of amidine groups is 1. The molecule has 0 atom stereocenters. The van der Waals surface area contributed by atoms with E-state index in [1.807, 2.05) is 19.3 Å². The van der Waals surface area contributed by atoms with Gasteiger partial charge in [0, 0.05) is 26.0 Å². The van der Waals surface area contributed by atoms with E-state index >= 15 is 0 Å². The second-order valence-electron chi connectivity index (χ2n) is 4.40. The van der Waals surface area contributed by atoms with Crippen LogP contribution >= 0.6 is 0 Å². The molecule has 0 bridgehead atoms. The van der Waals surface area contributed by atoms with Crippen LogP contribution in [0.3, 0.4) is 0 Å². The molecule has 0 aliphatic rings. The van der Waals surface area contributed by atoms with Crippen molar-refractivity contribution in [3.63, 3.8) is 0 Å². The van der Waals surface area contributed by atoms with Crippen LogP contribution in [0.15, 0.2) is 29.7 Å². The number of rotatable bonds is 5. The van der Waals surface area contributed by atoms with Gasteiger partial charge in [0.1, 0.15) is 5.69 Å². The van der Waals surface area contributed by atoms with Crippen LogP contribution in [0.4, 0.5) is 5.69 Å². The summed E-state index contributed by atoms with van der Waals surface area (Å²) in [5, 5.41) is 19.3. The Labute approximate surface area is 117 Å². The Hall–Kier alpha value is -2.57. The van der Waals surface area contributed by atoms with Gasteiger partial charge in [-0.05, 0) is 24.1 Å². The van der Waals surface area contributed by atoms with E-state index in [-0.39, 0.29) is 5.84 Å². The smallest absolute Gasteiger partial charge is 0.188 e. The number of hydrogen-bond acceptors (Lipinski definition) is 5. The normalized spacial score (nSPS) is 11.6. The molecule has 4 N–H and O–H groups in total. The Bertz CT molecular complexity index is 619. The number of aromatic nitrogens is 3. The van der Waals surface area contributed by atoms with Crippen molar-refractivity contribution in [1.29, 1.82) is 0 Å². The molecule has 0 amide bonds. The number of oxime groups is 1. The molecule has 2 rings (SSSR count). The van der Waals surface area contributed by atoms with Crippen molar-refractivity contribution in [3.8, 4) is 0 Å². The van der Waals surface area contributed by atoms with E-state index < -0.39 is 0 Å². The van der Waals surface area contributed by atoms with Crippen LogP contribution in [0.2, 0.25) is 0 Å². The highest BCUT2D eigenvalue weighted by atomic mass is 16.4. The van der Waals surface area contributed by atoms with Gasteiger partial charge >= 0.3 is 0 Å². The summed E-state index contributed by atoms with van der Waals surface area (Å²) in [6.45, 7) is 2.68. The number of aryl methyl sites for hydroxylation is 2. The quantitative estimate of drug-likeness (QED) is 0.328. The van der Waals surface area contributed by atoms with E-state index in [1.54, 1.807) is 16.9 Å². The van der Waals surface area contributed by atoms with Gasteiger partial charge in [-0.25, -0.2) is 0 Å². The fourth-order valence-electron chi connectivity index (χ4n) is 1.92. The van der Waals surface area contributed by atoms with Gasteiger partial charge in [0.2, 0.25) is 0 Å². The molecule has 2 aromatic heterocycles. The lowest BCUT2D eigenvalue weighted by Gasteiger charge is -2.06. The van der Waals surface area contributed by atoms with Crippen LogP contribution in [0.5, 0.6) is 0 Å². The molecule has 0 saturated heterocycles. The van der Waals surface area contributed by atoms with Crippen molar-refractivity contribution in [1.82, 2.24) is 14.8 Å². The van der Waals surface area contributed by atoms with Gasteiger partial charge in [-0.3, -0.25) is 9.67 Å². The van der Waals surface area contributed by atoms with Crippen LogP contribution in [0.25, 0.3) is 0 Å². The van der Waals surface area contributed by atoms with E-state index in [0.29, 0.717) is 12.2 Å². The molecule has 106 valence electrons. The fraction of sp³-hybridized carbons (Fsp3) is 0.308. The summed E-state index contributed by atoms with van der Waals surface area (Å²) >= 11 is 0. The van der Waals surface area contributed by atoms with E-state index in [4.69, 9.17) is 10.9 Å².